The maximum Gasteiger partial charge on any atom is 0.308 e. The minimum atomic E-state index is -0.815. The van der Waals surface area contributed by atoms with E-state index in [4.69, 9.17) is 4.74 Å². The Hall–Kier alpha value is -2.04. The van der Waals surface area contributed by atoms with Crippen LogP contribution in [0.15, 0.2) is 24.3 Å². The van der Waals surface area contributed by atoms with Crippen LogP contribution in [0, 0.1) is 11.8 Å². The molecule has 0 saturated carbocycles. The van der Waals surface area contributed by atoms with Gasteiger partial charge in [0.25, 0.3) is 0 Å². The van der Waals surface area contributed by atoms with Crippen LogP contribution in [-0.2, 0) is 16.0 Å². The Morgan fingerprint density at radius 3 is 2.83 bits per heavy atom. The molecule has 0 aromatic heterocycles. The zero-order valence-electron chi connectivity index (χ0n) is 13.8. The molecular weight excluding hydrogens is 294 g/mol. The number of carboxylic acids is 1. The van der Waals surface area contributed by atoms with Gasteiger partial charge in [0.15, 0.2) is 0 Å². The summed E-state index contributed by atoms with van der Waals surface area (Å²) in [5.41, 5.74) is 0.897. The molecular formula is C18H25NO4. The number of piperidine rings is 1. The van der Waals surface area contributed by atoms with Gasteiger partial charge in [0.2, 0.25) is 5.91 Å². The second kappa shape index (κ2) is 7.99. The lowest BCUT2D eigenvalue weighted by Gasteiger charge is -2.34. The van der Waals surface area contributed by atoms with Gasteiger partial charge in [-0.15, -0.1) is 0 Å². The molecule has 2 rings (SSSR count). The third kappa shape index (κ3) is 4.98. The van der Waals surface area contributed by atoms with Gasteiger partial charge in [0.05, 0.1) is 18.9 Å². The molecule has 1 fully saturated rings. The first-order valence-electron chi connectivity index (χ1n) is 8.22. The Morgan fingerprint density at radius 1 is 1.35 bits per heavy atom. The molecule has 126 valence electrons. The fraction of sp³-hybridized carbons (Fsp3) is 0.556. The van der Waals surface area contributed by atoms with Crippen LogP contribution in [-0.4, -0.2) is 41.6 Å². The quantitative estimate of drug-likeness (QED) is 0.875. The summed E-state index contributed by atoms with van der Waals surface area (Å²) in [6, 6.07) is 7.55. The number of aliphatic carboxylic acids is 1. The monoisotopic (exact) mass is 319 g/mol. The van der Waals surface area contributed by atoms with Crippen molar-refractivity contribution in [3.63, 3.8) is 0 Å². The molecule has 1 amide bonds. The first kappa shape index (κ1) is 17.3. The molecule has 0 spiro atoms. The first-order chi connectivity index (χ1) is 11.0. The Kier molecular flexibility index (Phi) is 6.02. The van der Waals surface area contributed by atoms with Gasteiger partial charge >= 0.3 is 5.97 Å². The van der Waals surface area contributed by atoms with E-state index in [9.17, 15) is 14.7 Å². The SMILES string of the molecule is CCCOc1cccc(CC(=O)N2CC(C)CC(C(=O)O)C2)c1. The average molecular weight is 319 g/mol. The lowest BCUT2D eigenvalue weighted by atomic mass is 9.90. The molecule has 1 aliphatic rings. The second-order valence-electron chi connectivity index (χ2n) is 6.35. The molecule has 23 heavy (non-hydrogen) atoms. The number of hydrogen-bond acceptors (Lipinski definition) is 3. The third-order valence-electron chi connectivity index (χ3n) is 4.09. The summed E-state index contributed by atoms with van der Waals surface area (Å²) in [4.78, 5) is 25.4. The lowest BCUT2D eigenvalue weighted by Crippen LogP contribution is -2.46. The van der Waals surface area contributed by atoms with E-state index >= 15 is 0 Å². The molecule has 1 aliphatic heterocycles. The molecule has 1 heterocycles. The molecule has 1 N–H and O–H groups in total. The number of amides is 1. The van der Waals surface area contributed by atoms with Crippen LogP contribution in [0.1, 0.15) is 32.3 Å². The average Bonchev–Trinajstić information content (AvgIpc) is 2.52. The summed E-state index contributed by atoms with van der Waals surface area (Å²) in [6.07, 6.45) is 1.85. The van der Waals surface area contributed by atoms with Crippen molar-refractivity contribution < 1.29 is 19.4 Å². The highest BCUT2D eigenvalue weighted by atomic mass is 16.5. The highest BCUT2D eigenvalue weighted by Gasteiger charge is 2.31. The van der Waals surface area contributed by atoms with Crippen LogP contribution >= 0.6 is 0 Å². The van der Waals surface area contributed by atoms with Gasteiger partial charge in [-0.25, -0.2) is 0 Å². The molecule has 1 aromatic rings. The van der Waals surface area contributed by atoms with Gasteiger partial charge in [-0.1, -0.05) is 26.0 Å². The first-order valence-corrected chi connectivity index (χ1v) is 8.22. The Balaban J connectivity index is 1.99. The van der Waals surface area contributed by atoms with Gasteiger partial charge < -0.3 is 14.7 Å². The predicted octanol–water partition coefficient (Wildman–Crippen LogP) is 2.59. The van der Waals surface area contributed by atoms with Crippen molar-refractivity contribution in [1.82, 2.24) is 4.90 Å². The van der Waals surface area contributed by atoms with E-state index < -0.39 is 11.9 Å². The third-order valence-corrected chi connectivity index (χ3v) is 4.09. The molecule has 0 bridgehead atoms. The standard InChI is InChI=1S/C18H25NO4/c1-3-7-23-16-6-4-5-14(9-16)10-17(20)19-11-13(2)8-15(12-19)18(21)22/h4-6,9,13,15H,3,7-8,10-12H2,1-2H3,(H,21,22). The fourth-order valence-electron chi connectivity index (χ4n) is 2.99. The van der Waals surface area contributed by atoms with Crippen molar-refractivity contribution in [2.45, 2.75) is 33.1 Å². The van der Waals surface area contributed by atoms with Gasteiger partial charge in [-0.2, -0.15) is 0 Å². The van der Waals surface area contributed by atoms with Crippen molar-refractivity contribution in [3.05, 3.63) is 29.8 Å². The number of likely N-dealkylation sites (tertiary alicyclic amines) is 1. The summed E-state index contributed by atoms with van der Waals surface area (Å²) < 4.78 is 5.59. The van der Waals surface area contributed by atoms with Crippen LogP contribution in [0.2, 0.25) is 0 Å². The van der Waals surface area contributed by atoms with E-state index in [1.165, 1.54) is 0 Å². The Morgan fingerprint density at radius 2 is 2.13 bits per heavy atom. The van der Waals surface area contributed by atoms with Crippen LogP contribution < -0.4 is 4.74 Å². The minimum Gasteiger partial charge on any atom is -0.494 e. The fourth-order valence-corrected chi connectivity index (χ4v) is 2.99. The summed E-state index contributed by atoms with van der Waals surface area (Å²) in [5, 5.41) is 9.21. The zero-order valence-corrected chi connectivity index (χ0v) is 13.8. The molecule has 5 heteroatoms. The normalized spacial score (nSPS) is 21.0. The molecule has 2 atom stereocenters. The Bertz CT molecular complexity index is 558. The van der Waals surface area contributed by atoms with E-state index in [0.29, 0.717) is 26.1 Å². The van der Waals surface area contributed by atoms with Gasteiger partial charge in [0, 0.05) is 13.1 Å². The van der Waals surface area contributed by atoms with Gasteiger partial charge in [-0.05, 0) is 36.5 Å². The molecule has 5 nitrogen and oxygen atoms in total. The summed E-state index contributed by atoms with van der Waals surface area (Å²) in [7, 11) is 0. The zero-order chi connectivity index (χ0) is 16.8. The van der Waals surface area contributed by atoms with Crippen LogP contribution in [0.5, 0.6) is 5.75 Å². The van der Waals surface area contributed by atoms with E-state index in [1.54, 1.807) is 4.90 Å². The van der Waals surface area contributed by atoms with Crippen molar-refractivity contribution >= 4 is 11.9 Å². The topological polar surface area (TPSA) is 66.8 Å². The van der Waals surface area contributed by atoms with Crippen molar-refractivity contribution in [2.75, 3.05) is 19.7 Å². The summed E-state index contributed by atoms with van der Waals surface area (Å²) in [5.74, 6) is -0.303. The highest BCUT2D eigenvalue weighted by molar-refractivity contribution is 5.80. The van der Waals surface area contributed by atoms with E-state index in [0.717, 1.165) is 17.7 Å². The number of ether oxygens (including phenoxy) is 1. The number of rotatable bonds is 6. The maximum atomic E-state index is 12.5. The van der Waals surface area contributed by atoms with Gasteiger partial charge in [0.1, 0.15) is 5.75 Å². The molecule has 2 unspecified atom stereocenters. The van der Waals surface area contributed by atoms with Crippen molar-refractivity contribution in [2.24, 2.45) is 11.8 Å². The number of carbonyl (C=O) groups excluding carboxylic acids is 1. The molecule has 1 aromatic carbocycles. The number of hydrogen-bond donors (Lipinski definition) is 1. The molecule has 0 radical (unpaired) electrons. The Labute approximate surface area is 137 Å². The smallest absolute Gasteiger partial charge is 0.308 e. The summed E-state index contributed by atoms with van der Waals surface area (Å²) in [6.45, 7) is 5.64. The van der Waals surface area contributed by atoms with E-state index in [2.05, 4.69) is 0 Å². The minimum absolute atomic E-state index is 0.0181. The number of carbonyl (C=O) groups is 2. The van der Waals surface area contributed by atoms with Crippen LogP contribution in [0.4, 0.5) is 0 Å². The second-order valence-corrected chi connectivity index (χ2v) is 6.35. The number of carboxylic acid groups (broad SMARTS) is 1. The van der Waals surface area contributed by atoms with Crippen molar-refractivity contribution in [3.8, 4) is 5.75 Å². The summed E-state index contributed by atoms with van der Waals surface area (Å²) >= 11 is 0. The van der Waals surface area contributed by atoms with E-state index in [-0.39, 0.29) is 18.2 Å². The van der Waals surface area contributed by atoms with Gasteiger partial charge in [-0.3, -0.25) is 9.59 Å². The number of nitrogens with zero attached hydrogens (tertiary/aromatic N) is 1. The highest BCUT2D eigenvalue weighted by Crippen LogP contribution is 2.23. The number of benzene rings is 1. The maximum absolute atomic E-state index is 12.5. The molecule has 1 saturated heterocycles. The lowest BCUT2D eigenvalue weighted by molar-refractivity contribution is -0.146. The predicted molar refractivity (Wildman–Crippen MR) is 87.4 cm³/mol. The van der Waals surface area contributed by atoms with Crippen molar-refractivity contribution in [1.29, 1.82) is 0 Å². The van der Waals surface area contributed by atoms with E-state index in [1.807, 2.05) is 38.1 Å². The largest absolute Gasteiger partial charge is 0.494 e. The molecule has 0 aliphatic carbocycles. The van der Waals surface area contributed by atoms with Crippen LogP contribution in [0.25, 0.3) is 0 Å². The van der Waals surface area contributed by atoms with Crippen LogP contribution in [0.3, 0.4) is 0 Å².